The van der Waals surface area contributed by atoms with Crippen molar-refractivity contribution >= 4 is 21.9 Å². The molecule has 0 aliphatic carbocycles. The second kappa shape index (κ2) is 6.18. The maximum absolute atomic E-state index is 12.3. The van der Waals surface area contributed by atoms with Gasteiger partial charge in [0.15, 0.2) is 0 Å². The molecule has 3 nitrogen and oxygen atoms in total. The molecule has 20 heavy (non-hydrogen) atoms. The lowest BCUT2D eigenvalue weighted by Gasteiger charge is -2.23. The lowest BCUT2D eigenvalue weighted by molar-refractivity contribution is -0.150. The number of nitrogens with zero attached hydrogens (tertiary/aromatic N) is 1. The summed E-state index contributed by atoms with van der Waals surface area (Å²) in [6.45, 7) is 3.96. The molecule has 0 radical (unpaired) electrons. The van der Waals surface area contributed by atoms with Crippen LogP contribution in [-0.4, -0.2) is 11.0 Å². The minimum Gasteiger partial charge on any atom is -0.460 e. The first kappa shape index (κ1) is 14.7. The molecule has 0 aliphatic heterocycles. The van der Waals surface area contributed by atoms with Crippen LogP contribution in [0.1, 0.15) is 25.0 Å². The third-order valence-electron chi connectivity index (χ3n) is 3.15. The van der Waals surface area contributed by atoms with Crippen molar-refractivity contribution in [3.8, 4) is 0 Å². The van der Waals surface area contributed by atoms with Gasteiger partial charge in [0.2, 0.25) is 0 Å². The Morgan fingerprint density at radius 3 is 2.60 bits per heavy atom. The van der Waals surface area contributed by atoms with Gasteiger partial charge in [-0.2, -0.15) is 0 Å². The zero-order valence-corrected chi connectivity index (χ0v) is 13.1. The van der Waals surface area contributed by atoms with Crippen LogP contribution >= 0.6 is 15.9 Å². The summed E-state index contributed by atoms with van der Waals surface area (Å²) in [5.41, 5.74) is 1.07. The first-order valence-corrected chi connectivity index (χ1v) is 7.11. The van der Waals surface area contributed by atoms with Crippen LogP contribution in [0, 0.1) is 0 Å². The van der Waals surface area contributed by atoms with Crippen molar-refractivity contribution < 1.29 is 9.53 Å². The third kappa shape index (κ3) is 3.45. The molecular weight excluding hydrogens is 318 g/mol. The van der Waals surface area contributed by atoms with Gasteiger partial charge in [0, 0.05) is 16.9 Å². The van der Waals surface area contributed by atoms with E-state index < -0.39 is 5.41 Å². The molecule has 1 heterocycles. The number of ether oxygens (including phenoxy) is 1. The van der Waals surface area contributed by atoms with Gasteiger partial charge in [-0.25, -0.2) is 0 Å². The Balaban J connectivity index is 2.07. The van der Waals surface area contributed by atoms with Crippen LogP contribution < -0.4 is 0 Å². The highest BCUT2D eigenvalue weighted by Gasteiger charge is 2.32. The number of aromatic nitrogens is 1. The Morgan fingerprint density at radius 2 is 1.95 bits per heavy atom. The molecule has 0 unspecified atom stereocenters. The van der Waals surface area contributed by atoms with E-state index in [-0.39, 0.29) is 12.6 Å². The zero-order valence-electron chi connectivity index (χ0n) is 11.5. The molecule has 2 rings (SSSR count). The summed E-state index contributed by atoms with van der Waals surface area (Å²) in [5, 5.41) is 0. The second-order valence-electron chi connectivity index (χ2n) is 5.08. The Hall–Kier alpha value is -1.68. The molecule has 1 aromatic carbocycles. The lowest BCUT2D eigenvalue weighted by Crippen LogP contribution is -2.31. The SMILES string of the molecule is CC(C)(C(=O)OCc1ccccc1)c1cncc(Br)c1. The van der Waals surface area contributed by atoms with Crippen LogP contribution in [0.2, 0.25) is 0 Å². The quantitative estimate of drug-likeness (QED) is 0.797. The second-order valence-corrected chi connectivity index (χ2v) is 5.99. The average Bonchev–Trinajstić information content (AvgIpc) is 2.45. The minimum atomic E-state index is -0.731. The summed E-state index contributed by atoms with van der Waals surface area (Å²) >= 11 is 3.36. The first-order chi connectivity index (χ1) is 9.50. The molecule has 1 aromatic heterocycles. The molecule has 0 saturated carbocycles. The number of halogens is 1. The molecule has 0 fully saturated rings. The van der Waals surface area contributed by atoms with Crippen molar-refractivity contribution in [1.82, 2.24) is 4.98 Å². The van der Waals surface area contributed by atoms with Gasteiger partial charge in [-0.1, -0.05) is 30.3 Å². The van der Waals surface area contributed by atoms with Gasteiger partial charge in [-0.05, 0) is 47.0 Å². The molecule has 0 bridgehead atoms. The molecule has 2 aromatic rings. The summed E-state index contributed by atoms with van der Waals surface area (Å²) in [6, 6.07) is 11.5. The van der Waals surface area contributed by atoms with Gasteiger partial charge in [0.05, 0.1) is 5.41 Å². The van der Waals surface area contributed by atoms with E-state index in [1.54, 1.807) is 12.4 Å². The fraction of sp³-hybridized carbons (Fsp3) is 0.250. The maximum atomic E-state index is 12.3. The maximum Gasteiger partial charge on any atom is 0.316 e. The molecule has 0 spiro atoms. The predicted octanol–water partition coefficient (Wildman–Crippen LogP) is 3.87. The van der Waals surface area contributed by atoms with Crippen molar-refractivity contribution in [3.05, 3.63) is 64.4 Å². The number of benzene rings is 1. The van der Waals surface area contributed by atoms with Crippen LogP contribution in [0.25, 0.3) is 0 Å². The topological polar surface area (TPSA) is 39.2 Å². The fourth-order valence-electron chi connectivity index (χ4n) is 1.78. The molecule has 0 aliphatic rings. The van der Waals surface area contributed by atoms with E-state index in [1.807, 2.05) is 50.2 Å². The highest BCUT2D eigenvalue weighted by atomic mass is 79.9. The van der Waals surface area contributed by atoms with Crippen LogP contribution in [-0.2, 0) is 21.6 Å². The average molecular weight is 334 g/mol. The van der Waals surface area contributed by atoms with Crippen molar-refractivity contribution in [2.75, 3.05) is 0 Å². The predicted molar refractivity (Wildman–Crippen MR) is 81.2 cm³/mol. The van der Waals surface area contributed by atoms with Gasteiger partial charge in [-0.15, -0.1) is 0 Å². The minimum absolute atomic E-state index is 0.263. The van der Waals surface area contributed by atoms with E-state index in [0.29, 0.717) is 0 Å². The Bertz CT molecular complexity index is 596. The molecular formula is C16H16BrNO2. The Labute approximate surface area is 127 Å². The van der Waals surface area contributed by atoms with Gasteiger partial charge >= 0.3 is 5.97 Å². The van der Waals surface area contributed by atoms with Crippen LogP contribution in [0.15, 0.2) is 53.3 Å². The summed E-state index contributed by atoms with van der Waals surface area (Å²) in [4.78, 5) is 16.4. The summed E-state index contributed by atoms with van der Waals surface area (Å²) in [7, 11) is 0. The van der Waals surface area contributed by atoms with E-state index in [2.05, 4.69) is 20.9 Å². The molecule has 0 atom stereocenters. The molecule has 0 amide bonds. The third-order valence-corrected chi connectivity index (χ3v) is 3.58. The monoisotopic (exact) mass is 333 g/mol. The highest BCUT2D eigenvalue weighted by molar-refractivity contribution is 9.10. The summed E-state index contributed by atoms with van der Waals surface area (Å²) in [5.74, 6) is -0.263. The number of carbonyl (C=O) groups is 1. The summed E-state index contributed by atoms with van der Waals surface area (Å²) < 4.78 is 6.25. The van der Waals surface area contributed by atoms with Gasteiger partial charge in [0.25, 0.3) is 0 Å². The standard InChI is InChI=1S/C16H16BrNO2/c1-16(2,13-8-14(17)10-18-9-13)15(19)20-11-12-6-4-3-5-7-12/h3-10H,11H2,1-2H3. The molecule has 0 saturated heterocycles. The Kier molecular flexibility index (Phi) is 4.55. The van der Waals surface area contributed by atoms with Gasteiger partial charge < -0.3 is 4.74 Å². The number of rotatable bonds is 4. The first-order valence-electron chi connectivity index (χ1n) is 6.32. The highest BCUT2D eigenvalue weighted by Crippen LogP contribution is 2.26. The normalized spacial score (nSPS) is 11.2. The van der Waals surface area contributed by atoms with Gasteiger partial charge in [0.1, 0.15) is 6.61 Å². The van der Waals surface area contributed by atoms with Crippen LogP contribution in [0.4, 0.5) is 0 Å². The van der Waals surface area contributed by atoms with Crippen molar-refractivity contribution in [2.24, 2.45) is 0 Å². The van der Waals surface area contributed by atoms with Crippen molar-refractivity contribution in [2.45, 2.75) is 25.9 Å². The Morgan fingerprint density at radius 1 is 1.25 bits per heavy atom. The van der Waals surface area contributed by atoms with Crippen molar-refractivity contribution in [1.29, 1.82) is 0 Å². The molecule has 104 valence electrons. The number of carbonyl (C=O) groups excluding carboxylic acids is 1. The fourth-order valence-corrected chi connectivity index (χ4v) is 2.14. The van der Waals surface area contributed by atoms with Crippen LogP contribution in [0.3, 0.4) is 0 Å². The number of pyridine rings is 1. The van der Waals surface area contributed by atoms with E-state index >= 15 is 0 Å². The number of esters is 1. The zero-order chi connectivity index (χ0) is 14.6. The van der Waals surface area contributed by atoms with E-state index in [0.717, 1.165) is 15.6 Å². The largest absolute Gasteiger partial charge is 0.460 e. The number of hydrogen-bond acceptors (Lipinski definition) is 3. The van der Waals surface area contributed by atoms with Gasteiger partial charge in [-0.3, -0.25) is 9.78 Å². The smallest absolute Gasteiger partial charge is 0.316 e. The van der Waals surface area contributed by atoms with E-state index in [9.17, 15) is 4.79 Å². The van der Waals surface area contributed by atoms with Crippen LogP contribution in [0.5, 0.6) is 0 Å². The molecule has 0 N–H and O–H groups in total. The summed E-state index contributed by atoms with van der Waals surface area (Å²) in [6.07, 6.45) is 3.38. The number of hydrogen-bond donors (Lipinski definition) is 0. The molecule has 4 heteroatoms. The lowest BCUT2D eigenvalue weighted by atomic mass is 9.86. The van der Waals surface area contributed by atoms with E-state index in [1.165, 1.54) is 0 Å². The van der Waals surface area contributed by atoms with Crippen molar-refractivity contribution in [3.63, 3.8) is 0 Å². The van der Waals surface area contributed by atoms with E-state index in [4.69, 9.17) is 4.74 Å².